The predicted molar refractivity (Wildman–Crippen MR) is 96.9 cm³/mol. The SMILES string of the molecule is CCCCCCC(CCCC)(CCCC)C(O)(O)CCCC. The van der Waals surface area contributed by atoms with Crippen molar-refractivity contribution in [3.63, 3.8) is 0 Å². The topological polar surface area (TPSA) is 40.5 Å². The molecule has 0 amide bonds. The lowest BCUT2D eigenvalue weighted by atomic mass is 9.67. The third-order valence-electron chi connectivity index (χ3n) is 5.25. The average Bonchev–Trinajstić information content (AvgIpc) is 2.51. The molecular formula is C20H42O2. The quantitative estimate of drug-likeness (QED) is 0.279. The number of rotatable bonds is 15. The molecule has 2 nitrogen and oxygen atoms in total. The van der Waals surface area contributed by atoms with Crippen LogP contribution >= 0.6 is 0 Å². The van der Waals surface area contributed by atoms with Crippen LogP contribution in [0.15, 0.2) is 0 Å². The molecule has 0 aliphatic heterocycles. The van der Waals surface area contributed by atoms with Gasteiger partial charge in [0, 0.05) is 11.8 Å². The van der Waals surface area contributed by atoms with Gasteiger partial charge in [0.25, 0.3) is 0 Å². The lowest BCUT2D eigenvalue weighted by molar-refractivity contribution is -0.256. The van der Waals surface area contributed by atoms with Crippen LogP contribution in [0.4, 0.5) is 0 Å². The minimum absolute atomic E-state index is 0.290. The number of aliphatic hydroxyl groups is 2. The smallest absolute Gasteiger partial charge is 0.168 e. The molecule has 0 aliphatic carbocycles. The van der Waals surface area contributed by atoms with Gasteiger partial charge in [-0.15, -0.1) is 0 Å². The van der Waals surface area contributed by atoms with Crippen LogP contribution in [0.2, 0.25) is 0 Å². The van der Waals surface area contributed by atoms with E-state index in [0.717, 1.165) is 64.2 Å². The minimum Gasteiger partial charge on any atom is -0.365 e. The van der Waals surface area contributed by atoms with E-state index in [4.69, 9.17) is 0 Å². The number of hydrogen-bond acceptors (Lipinski definition) is 2. The lowest BCUT2D eigenvalue weighted by Crippen LogP contribution is -2.48. The van der Waals surface area contributed by atoms with E-state index in [2.05, 4.69) is 27.7 Å². The van der Waals surface area contributed by atoms with Gasteiger partial charge >= 0.3 is 0 Å². The summed E-state index contributed by atoms with van der Waals surface area (Å²) in [4.78, 5) is 0. The Labute approximate surface area is 139 Å². The Kier molecular flexibility index (Phi) is 12.3. The molecule has 0 aromatic carbocycles. The van der Waals surface area contributed by atoms with Gasteiger partial charge in [0.1, 0.15) is 0 Å². The maximum absolute atomic E-state index is 10.9. The van der Waals surface area contributed by atoms with Crippen LogP contribution in [-0.2, 0) is 0 Å². The molecule has 0 saturated carbocycles. The molecule has 0 saturated heterocycles. The summed E-state index contributed by atoms with van der Waals surface area (Å²) in [6, 6.07) is 0. The molecule has 0 rings (SSSR count). The minimum atomic E-state index is -1.49. The molecule has 134 valence electrons. The fourth-order valence-corrected chi connectivity index (χ4v) is 3.58. The van der Waals surface area contributed by atoms with E-state index >= 15 is 0 Å². The maximum Gasteiger partial charge on any atom is 0.168 e. The van der Waals surface area contributed by atoms with Crippen molar-refractivity contribution in [3.05, 3.63) is 0 Å². The highest BCUT2D eigenvalue weighted by Crippen LogP contribution is 2.47. The largest absolute Gasteiger partial charge is 0.365 e. The first-order valence-corrected chi connectivity index (χ1v) is 9.94. The molecule has 0 fully saturated rings. The van der Waals surface area contributed by atoms with E-state index < -0.39 is 5.79 Å². The van der Waals surface area contributed by atoms with Crippen LogP contribution < -0.4 is 0 Å². The van der Waals surface area contributed by atoms with Crippen LogP contribution in [0, 0.1) is 5.41 Å². The monoisotopic (exact) mass is 314 g/mol. The van der Waals surface area contributed by atoms with E-state index in [1.165, 1.54) is 19.3 Å². The van der Waals surface area contributed by atoms with Crippen molar-refractivity contribution >= 4 is 0 Å². The summed E-state index contributed by atoms with van der Waals surface area (Å²) < 4.78 is 0. The molecular weight excluding hydrogens is 272 g/mol. The summed E-state index contributed by atoms with van der Waals surface area (Å²) in [6.07, 6.45) is 14.7. The molecule has 22 heavy (non-hydrogen) atoms. The molecule has 0 bridgehead atoms. The van der Waals surface area contributed by atoms with Crippen molar-refractivity contribution in [1.29, 1.82) is 0 Å². The average molecular weight is 315 g/mol. The van der Waals surface area contributed by atoms with Crippen LogP contribution in [0.25, 0.3) is 0 Å². The third kappa shape index (κ3) is 7.46. The van der Waals surface area contributed by atoms with Crippen LogP contribution in [0.5, 0.6) is 0 Å². The Balaban J connectivity index is 5.04. The van der Waals surface area contributed by atoms with Crippen molar-refractivity contribution in [3.8, 4) is 0 Å². The second-order valence-corrected chi connectivity index (χ2v) is 7.22. The number of hydrogen-bond donors (Lipinski definition) is 2. The molecule has 2 heteroatoms. The van der Waals surface area contributed by atoms with E-state index in [-0.39, 0.29) is 5.41 Å². The van der Waals surface area contributed by atoms with Gasteiger partial charge in [-0.25, -0.2) is 0 Å². The summed E-state index contributed by atoms with van der Waals surface area (Å²) in [5.41, 5.74) is -0.290. The molecule has 2 N–H and O–H groups in total. The van der Waals surface area contributed by atoms with Gasteiger partial charge in [-0.1, -0.05) is 85.5 Å². The molecule has 0 heterocycles. The second-order valence-electron chi connectivity index (χ2n) is 7.22. The summed E-state index contributed by atoms with van der Waals surface area (Å²) in [7, 11) is 0. The van der Waals surface area contributed by atoms with Crippen molar-refractivity contribution in [2.75, 3.05) is 0 Å². The molecule has 0 unspecified atom stereocenters. The van der Waals surface area contributed by atoms with Gasteiger partial charge in [0.05, 0.1) is 0 Å². The fraction of sp³-hybridized carbons (Fsp3) is 1.00. The third-order valence-corrected chi connectivity index (χ3v) is 5.25. The van der Waals surface area contributed by atoms with Gasteiger partial charge in [-0.3, -0.25) is 0 Å². The Morgan fingerprint density at radius 1 is 0.500 bits per heavy atom. The Hall–Kier alpha value is -0.0800. The first-order chi connectivity index (χ1) is 10.5. The van der Waals surface area contributed by atoms with Gasteiger partial charge in [-0.2, -0.15) is 0 Å². The van der Waals surface area contributed by atoms with Gasteiger partial charge in [0.2, 0.25) is 0 Å². The molecule has 0 aliphatic rings. The first kappa shape index (κ1) is 21.9. The Morgan fingerprint density at radius 2 is 0.909 bits per heavy atom. The van der Waals surface area contributed by atoms with E-state index in [0.29, 0.717) is 6.42 Å². The van der Waals surface area contributed by atoms with Crippen molar-refractivity contribution in [1.82, 2.24) is 0 Å². The van der Waals surface area contributed by atoms with Crippen molar-refractivity contribution in [2.45, 2.75) is 123 Å². The number of unbranched alkanes of at least 4 members (excludes halogenated alkanes) is 6. The molecule has 0 radical (unpaired) electrons. The normalized spacial score (nSPS) is 12.8. The van der Waals surface area contributed by atoms with Gasteiger partial charge in [0.15, 0.2) is 5.79 Å². The summed E-state index contributed by atoms with van der Waals surface area (Å²) in [5, 5.41) is 21.8. The molecule has 0 aromatic heterocycles. The predicted octanol–water partition coefficient (Wildman–Crippen LogP) is 6.19. The summed E-state index contributed by atoms with van der Waals surface area (Å²) in [5.74, 6) is -1.49. The Morgan fingerprint density at radius 3 is 1.36 bits per heavy atom. The van der Waals surface area contributed by atoms with E-state index in [9.17, 15) is 10.2 Å². The highest BCUT2D eigenvalue weighted by molar-refractivity contribution is 4.91. The zero-order chi connectivity index (χ0) is 16.9. The maximum atomic E-state index is 10.9. The second kappa shape index (κ2) is 12.4. The summed E-state index contributed by atoms with van der Waals surface area (Å²) >= 11 is 0. The van der Waals surface area contributed by atoms with E-state index in [1.54, 1.807) is 0 Å². The van der Waals surface area contributed by atoms with Crippen LogP contribution in [0.1, 0.15) is 118 Å². The zero-order valence-corrected chi connectivity index (χ0v) is 15.8. The molecule has 0 atom stereocenters. The Bertz CT molecular complexity index is 240. The molecule has 0 aromatic rings. The molecule has 0 spiro atoms. The highest BCUT2D eigenvalue weighted by Gasteiger charge is 2.46. The zero-order valence-electron chi connectivity index (χ0n) is 15.8. The van der Waals surface area contributed by atoms with E-state index in [1.807, 2.05) is 0 Å². The van der Waals surface area contributed by atoms with Gasteiger partial charge in [-0.05, 0) is 25.7 Å². The first-order valence-electron chi connectivity index (χ1n) is 9.94. The van der Waals surface area contributed by atoms with Crippen LogP contribution in [0.3, 0.4) is 0 Å². The van der Waals surface area contributed by atoms with Crippen LogP contribution in [-0.4, -0.2) is 16.0 Å². The lowest BCUT2D eigenvalue weighted by Gasteiger charge is -2.45. The summed E-state index contributed by atoms with van der Waals surface area (Å²) in [6.45, 7) is 8.75. The van der Waals surface area contributed by atoms with Crippen molar-refractivity contribution in [2.24, 2.45) is 5.41 Å². The van der Waals surface area contributed by atoms with Crippen molar-refractivity contribution < 1.29 is 10.2 Å². The fourth-order valence-electron chi connectivity index (χ4n) is 3.58. The van der Waals surface area contributed by atoms with Gasteiger partial charge < -0.3 is 10.2 Å². The highest BCUT2D eigenvalue weighted by atomic mass is 16.5. The standard InChI is InChI=1S/C20H42O2/c1-5-9-13-14-17-19(15-10-6-2,16-11-7-3)20(21,22)18-12-8-4/h21-22H,5-18H2,1-4H3.